The first-order chi connectivity index (χ1) is 16.3. The molecule has 0 aromatic heterocycles. The van der Waals surface area contributed by atoms with Crippen molar-refractivity contribution in [2.45, 2.75) is 37.4 Å². The van der Waals surface area contributed by atoms with Gasteiger partial charge in [0.2, 0.25) is 0 Å². The molecule has 0 radical (unpaired) electrons. The molecule has 3 atom stereocenters. The van der Waals surface area contributed by atoms with Gasteiger partial charge in [0.25, 0.3) is 0 Å². The summed E-state index contributed by atoms with van der Waals surface area (Å²) in [6, 6.07) is 24.9. The van der Waals surface area contributed by atoms with Crippen molar-refractivity contribution < 1.29 is 19.3 Å². The van der Waals surface area contributed by atoms with Gasteiger partial charge in [-0.3, -0.25) is 0 Å². The molecule has 3 aromatic rings. The molecule has 180 valence electrons. The van der Waals surface area contributed by atoms with Crippen LogP contribution < -0.4 is 14.2 Å². The van der Waals surface area contributed by atoms with Crippen molar-refractivity contribution in [2.24, 2.45) is 0 Å². The van der Waals surface area contributed by atoms with Crippen molar-refractivity contribution in [3.8, 4) is 17.2 Å². The molecule has 0 amide bonds. The van der Waals surface area contributed by atoms with E-state index >= 15 is 0 Å². The van der Waals surface area contributed by atoms with Crippen molar-refractivity contribution in [3.05, 3.63) is 89.5 Å². The lowest BCUT2D eigenvalue weighted by Gasteiger charge is -2.45. The van der Waals surface area contributed by atoms with Crippen LogP contribution in [0.3, 0.4) is 0 Å². The van der Waals surface area contributed by atoms with Crippen LogP contribution in [0.25, 0.3) is 0 Å². The lowest BCUT2D eigenvalue weighted by atomic mass is 9.68. The molecular formula is C29H35NO4. The maximum absolute atomic E-state index is 10.1. The van der Waals surface area contributed by atoms with Gasteiger partial charge < -0.3 is 24.2 Å². The Kier molecular flexibility index (Phi) is 7.15. The molecule has 0 fully saturated rings. The molecule has 0 unspecified atom stereocenters. The Balaban J connectivity index is 1.69. The first kappa shape index (κ1) is 24.1. The van der Waals surface area contributed by atoms with E-state index in [0.29, 0.717) is 6.54 Å². The third-order valence-corrected chi connectivity index (χ3v) is 6.43. The van der Waals surface area contributed by atoms with E-state index in [9.17, 15) is 5.11 Å². The highest BCUT2D eigenvalue weighted by Crippen LogP contribution is 2.53. The van der Waals surface area contributed by atoms with Gasteiger partial charge in [-0.1, -0.05) is 48.5 Å². The number of hydrogen-bond acceptors (Lipinski definition) is 5. The topological polar surface area (TPSA) is 51.2 Å². The predicted molar refractivity (Wildman–Crippen MR) is 135 cm³/mol. The van der Waals surface area contributed by atoms with Crippen LogP contribution in [0.1, 0.15) is 42.4 Å². The lowest BCUT2D eigenvalue weighted by Crippen LogP contribution is -2.43. The number of aliphatic hydroxyl groups is 1. The highest BCUT2D eigenvalue weighted by atomic mass is 16.5. The highest BCUT2D eigenvalue weighted by Gasteiger charge is 2.45. The van der Waals surface area contributed by atoms with Crippen LogP contribution in [0, 0.1) is 0 Å². The highest BCUT2D eigenvalue weighted by molar-refractivity contribution is 5.52. The number of hydrogen-bond donors (Lipinski definition) is 1. The predicted octanol–water partition coefficient (Wildman–Crippen LogP) is 5.08. The fraction of sp³-hybridized carbons (Fsp3) is 0.379. The number of aliphatic hydroxyl groups excluding tert-OH is 1. The summed E-state index contributed by atoms with van der Waals surface area (Å²) in [5.74, 6) is 2.60. The van der Waals surface area contributed by atoms with Crippen LogP contribution in [0.2, 0.25) is 0 Å². The number of likely N-dealkylation sites (N-methyl/N-ethyl adjacent to an activating group) is 1. The monoisotopic (exact) mass is 461 g/mol. The molecule has 1 aliphatic heterocycles. The van der Waals surface area contributed by atoms with Gasteiger partial charge in [-0.25, -0.2) is 0 Å². The molecule has 34 heavy (non-hydrogen) atoms. The minimum Gasteiger partial charge on any atom is -0.497 e. The summed E-state index contributed by atoms with van der Waals surface area (Å²) in [4.78, 5) is 1.94. The summed E-state index contributed by atoms with van der Waals surface area (Å²) in [5.41, 5.74) is 3.14. The SMILES string of the molecule is COc1ccc2c(c1)OC(C)(C)[C@@H](c1ccccc1)[C@@H]2c1ccc(OC[C@H](O)CN(C)C)cc1. The van der Waals surface area contributed by atoms with Gasteiger partial charge in [-0.05, 0) is 57.3 Å². The minimum absolute atomic E-state index is 0.0976. The Hall–Kier alpha value is -3.02. The van der Waals surface area contributed by atoms with E-state index < -0.39 is 11.7 Å². The van der Waals surface area contributed by atoms with Gasteiger partial charge in [0.15, 0.2) is 0 Å². The fourth-order valence-electron chi connectivity index (χ4n) is 4.98. The molecule has 5 nitrogen and oxygen atoms in total. The van der Waals surface area contributed by atoms with Crippen molar-refractivity contribution >= 4 is 0 Å². The van der Waals surface area contributed by atoms with Crippen LogP contribution in [0.4, 0.5) is 0 Å². The first-order valence-corrected chi connectivity index (χ1v) is 11.8. The minimum atomic E-state index is -0.532. The molecule has 0 bridgehead atoms. The second-order valence-electron chi connectivity index (χ2n) is 9.77. The average molecular weight is 462 g/mol. The zero-order valence-electron chi connectivity index (χ0n) is 20.7. The van der Waals surface area contributed by atoms with Crippen LogP contribution in [-0.4, -0.2) is 56.1 Å². The molecule has 0 saturated heterocycles. The van der Waals surface area contributed by atoms with E-state index in [-0.39, 0.29) is 18.4 Å². The van der Waals surface area contributed by atoms with Gasteiger partial charge in [-0.15, -0.1) is 0 Å². The Morgan fingerprint density at radius 1 is 0.941 bits per heavy atom. The quantitative estimate of drug-likeness (QED) is 0.507. The second-order valence-corrected chi connectivity index (χ2v) is 9.77. The van der Waals surface area contributed by atoms with Crippen LogP contribution in [0.5, 0.6) is 17.2 Å². The molecule has 3 aromatic carbocycles. The van der Waals surface area contributed by atoms with Gasteiger partial charge in [0, 0.05) is 30.0 Å². The summed E-state index contributed by atoms with van der Waals surface area (Å²) < 4.78 is 17.9. The fourth-order valence-corrected chi connectivity index (χ4v) is 4.98. The number of ether oxygens (including phenoxy) is 3. The standard InChI is InChI=1S/C29H35NO4/c1-29(2)28(21-9-7-6-8-10-21)27(25-16-15-24(32-5)17-26(25)34-29)20-11-13-23(14-12-20)33-19-22(31)18-30(3)4/h6-17,22,27-28,31H,18-19H2,1-5H3/t22-,27-,28+/m1/s1. The Morgan fingerprint density at radius 3 is 2.26 bits per heavy atom. The third kappa shape index (κ3) is 5.21. The summed E-state index contributed by atoms with van der Waals surface area (Å²) in [6.07, 6.45) is -0.532. The van der Waals surface area contributed by atoms with Crippen molar-refractivity contribution in [3.63, 3.8) is 0 Å². The van der Waals surface area contributed by atoms with Crippen molar-refractivity contribution in [1.82, 2.24) is 4.90 Å². The molecule has 1 aliphatic rings. The van der Waals surface area contributed by atoms with Gasteiger partial charge >= 0.3 is 0 Å². The number of nitrogens with zero attached hydrogens (tertiary/aromatic N) is 1. The molecular weight excluding hydrogens is 426 g/mol. The molecule has 0 saturated carbocycles. The van der Waals surface area contributed by atoms with E-state index in [1.54, 1.807) is 7.11 Å². The molecule has 0 aliphatic carbocycles. The number of rotatable bonds is 8. The molecule has 0 spiro atoms. The van der Waals surface area contributed by atoms with E-state index in [1.807, 2.05) is 49.3 Å². The number of fused-ring (bicyclic) bond motifs is 1. The van der Waals surface area contributed by atoms with E-state index in [1.165, 1.54) is 11.1 Å². The molecule has 1 N–H and O–H groups in total. The largest absolute Gasteiger partial charge is 0.497 e. The maximum atomic E-state index is 10.1. The van der Waals surface area contributed by atoms with Crippen molar-refractivity contribution in [2.75, 3.05) is 34.4 Å². The Bertz CT molecular complexity index is 1080. The third-order valence-electron chi connectivity index (χ3n) is 6.43. The van der Waals surface area contributed by atoms with Gasteiger partial charge in [-0.2, -0.15) is 0 Å². The van der Waals surface area contributed by atoms with E-state index in [4.69, 9.17) is 14.2 Å². The smallest absolute Gasteiger partial charge is 0.127 e. The Morgan fingerprint density at radius 2 is 1.62 bits per heavy atom. The van der Waals surface area contributed by atoms with E-state index in [0.717, 1.165) is 22.8 Å². The number of benzene rings is 3. The summed E-state index contributed by atoms with van der Waals surface area (Å²) in [5, 5.41) is 10.1. The lowest BCUT2D eigenvalue weighted by molar-refractivity contribution is 0.0528. The molecule has 4 rings (SSSR count). The van der Waals surface area contributed by atoms with Crippen molar-refractivity contribution in [1.29, 1.82) is 0 Å². The van der Waals surface area contributed by atoms with Gasteiger partial charge in [0.1, 0.15) is 35.6 Å². The molecule has 5 heteroatoms. The second kappa shape index (κ2) is 10.1. The normalized spacial score (nSPS) is 19.7. The summed E-state index contributed by atoms with van der Waals surface area (Å²) >= 11 is 0. The van der Waals surface area contributed by atoms with E-state index in [2.05, 4.69) is 56.3 Å². The van der Waals surface area contributed by atoms with Gasteiger partial charge in [0.05, 0.1) is 7.11 Å². The number of methoxy groups -OCH3 is 1. The first-order valence-electron chi connectivity index (χ1n) is 11.8. The average Bonchev–Trinajstić information content (AvgIpc) is 2.81. The maximum Gasteiger partial charge on any atom is 0.127 e. The Labute approximate surface area is 202 Å². The van der Waals surface area contributed by atoms with Crippen LogP contribution in [0.15, 0.2) is 72.8 Å². The zero-order valence-corrected chi connectivity index (χ0v) is 20.7. The molecule has 1 heterocycles. The van der Waals surface area contributed by atoms with Crippen LogP contribution in [-0.2, 0) is 0 Å². The summed E-state index contributed by atoms with van der Waals surface area (Å²) in [7, 11) is 5.54. The summed E-state index contributed by atoms with van der Waals surface area (Å²) in [6.45, 7) is 5.14. The zero-order chi connectivity index (χ0) is 24.3. The van der Waals surface area contributed by atoms with Crippen LogP contribution >= 0.6 is 0 Å².